The summed E-state index contributed by atoms with van der Waals surface area (Å²) in [6.45, 7) is 5.26. The summed E-state index contributed by atoms with van der Waals surface area (Å²) in [6.07, 6.45) is 0.359. The van der Waals surface area contributed by atoms with Crippen LogP contribution in [0.2, 0.25) is 0 Å². The third-order valence-corrected chi connectivity index (χ3v) is 4.02. The number of hydrogen-bond acceptors (Lipinski definition) is 3. The summed E-state index contributed by atoms with van der Waals surface area (Å²) in [5.41, 5.74) is 3.33. The molecule has 0 fully saturated rings. The number of carbonyl (C=O) groups excluding carboxylic acids is 1. The second-order valence-electron chi connectivity index (χ2n) is 6.03. The number of halogens is 1. The highest BCUT2D eigenvalue weighted by Crippen LogP contribution is 2.17. The number of likely N-dealkylation sites (N-methyl/N-ethyl adjacent to an activating group) is 1. The standard InChI is InChI=1S/C20H26N2O2.ClH/c1-15-7-4-5-9-18(15)14-24-19-10-6-8-17(11-19)12-20(23)22-13-16(2)21-3;/h4-11,16,21H,12-14H2,1-3H3,(H,22,23);1H. The van der Waals surface area contributed by atoms with E-state index < -0.39 is 0 Å². The van der Waals surface area contributed by atoms with E-state index in [0.717, 1.165) is 11.3 Å². The van der Waals surface area contributed by atoms with E-state index >= 15 is 0 Å². The molecule has 0 bridgehead atoms. The van der Waals surface area contributed by atoms with Crippen molar-refractivity contribution < 1.29 is 9.53 Å². The molecular formula is C20H27ClN2O2. The average Bonchev–Trinajstić information content (AvgIpc) is 2.59. The van der Waals surface area contributed by atoms with Crippen molar-refractivity contribution in [2.24, 2.45) is 0 Å². The van der Waals surface area contributed by atoms with E-state index in [1.54, 1.807) is 0 Å². The highest BCUT2D eigenvalue weighted by Gasteiger charge is 2.06. The van der Waals surface area contributed by atoms with Crippen molar-refractivity contribution in [3.05, 3.63) is 65.2 Å². The Kier molecular flexibility index (Phi) is 9.03. The first-order valence-electron chi connectivity index (χ1n) is 8.28. The molecule has 1 amide bonds. The fourth-order valence-electron chi connectivity index (χ4n) is 2.30. The van der Waals surface area contributed by atoms with Crippen LogP contribution in [0.15, 0.2) is 48.5 Å². The minimum absolute atomic E-state index is 0. The summed E-state index contributed by atoms with van der Waals surface area (Å²) in [4.78, 5) is 12.0. The molecule has 0 aliphatic heterocycles. The van der Waals surface area contributed by atoms with Crippen LogP contribution in [0.1, 0.15) is 23.6 Å². The number of nitrogens with one attached hydrogen (secondary N) is 2. The van der Waals surface area contributed by atoms with Gasteiger partial charge in [-0.15, -0.1) is 12.4 Å². The van der Waals surface area contributed by atoms with Crippen LogP contribution < -0.4 is 15.4 Å². The van der Waals surface area contributed by atoms with Crippen molar-refractivity contribution >= 4 is 18.3 Å². The van der Waals surface area contributed by atoms with Gasteiger partial charge in [0.15, 0.2) is 0 Å². The Morgan fingerprint density at radius 1 is 1.16 bits per heavy atom. The molecule has 0 aromatic heterocycles. The lowest BCUT2D eigenvalue weighted by Gasteiger charge is -2.12. The van der Waals surface area contributed by atoms with Crippen LogP contribution in [0.25, 0.3) is 0 Å². The molecule has 0 spiro atoms. The molecule has 0 saturated heterocycles. The quantitative estimate of drug-likeness (QED) is 0.757. The maximum Gasteiger partial charge on any atom is 0.224 e. The Bertz CT molecular complexity index is 676. The summed E-state index contributed by atoms with van der Waals surface area (Å²) < 4.78 is 5.87. The maximum atomic E-state index is 12.0. The fourth-order valence-corrected chi connectivity index (χ4v) is 2.30. The highest BCUT2D eigenvalue weighted by atomic mass is 35.5. The first-order chi connectivity index (χ1) is 11.6. The minimum atomic E-state index is 0. The first-order valence-corrected chi connectivity index (χ1v) is 8.28. The molecule has 0 aliphatic rings. The first kappa shape index (κ1) is 21.0. The lowest BCUT2D eigenvalue weighted by Crippen LogP contribution is -2.37. The predicted octanol–water partition coefficient (Wildman–Crippen LogP) is 3.26. The minimum Gasteiger partial charge on any atom is -0.489 e. The topological polar surface area (TPSA) is 50.4 Å². The zero-order chi connectivity index (χ0) is 17.4. The molecule has 2 rings (SSSR count). The van der Waals surface area contributed by atoms with Gasteiger partial charge in [0, 0.05) is 12.6 Å². The third kappa shape index (κ3) is 7.16. The van der Waals surface area contributed by atoms with E-state index in [0.29, 0.717) is 19.6 Å². The number of carbonyl (C=O) groups is 1. The van der Waals surface area contributed by atoms with Crippen LogP contribution >= 0.6 is 12.4 Å². The summed E-state index contributed by atoms with van der Waals surface area (Å²) in [6, 6.07) is 16.2. The molecule has 0 radical (unpaired) electrons. The molecule has 4 nitrogen and oxygen atoms in total. The summed E-state index contributed by atoms with van der Waals surface area (Å²) in [5.74, 6) is 0.806. The molecule has 5 heteroatoms. The molecular weight excluding hydrogens is 336 g/mol. The van der Waals surface area contributed by atoms with Crippen molar-refractivity contribution in [1.29, 1.82) is 0 Å². The van der Waals surface area contributed by atoms with Gasteiger partial charge in [0.05, 0.1) is 6.42 Å². The van der Waals surface area contributed by atoms with Crippen LogP contribution in [0, 0.1) is 6.92 Å². The fraction of sp³-hybridized carbons (Fsp3) is 0.350. The third-order valence-electron chi connectivity index (χ3n) is 4.02. The van der Waals surface area contributed by atoms with Crippen LogP contribution in [-0.4, -0.2) is 25.5 Å². The van der Waals surface area contributed by atoms with E-state index in [4.69, 9.17) is 4.74 Å². The average molecular weight is 363 g/mol. The molecule has 2 aromatic rings. The molecule has 136 valence electrons. The summed E-state index contributed by atoms with van der Waals surface area (Å²) >= 11 is 0. The van der Waals surface area contributed by atoms with Gasteiger partial charge in [-0.3, -0.25) is 4.79 Å². The Hall–Kier alpha value is -2.04. The highest BCUT2D eigenvalue weighted by molar-refractivity contribution is 5.85. The summed E-state index contributed by atoms with van der Waals surface area (Å²) in [7, 11) is 1.88. The Morgan fingerprint density at radius 3 is 2.64 bits per heavy atom. The van der Waals surface area contributed by atoms with Gasteiger partial charge in [0.2, 0.25) is 5.91 Å². The molecule has 0 heterocycles. The molecule has 1 atom stereocenters. The van der Waals surface area contributed by atoms with Gasteiger partial charge in [-0.2, -0.15) is 0 Å². The molecule has 25 heavy (non-hydrogen) atoms. The number of aryl methyl sites for hydroxylation is 1. The van der Waals surface area contributed by atoms with E-state index in [2.05, 4.69) is 29.7 Å². The Morgan fingerprint density at radius 2 is 1.92 bits per heavy atom. The second kappa shape index (κ2) is 10.7. The van der Waals surface area contributed by atoms with E-state index in [1.165, 1.54) is 11.1 Å². The second-order valence-corrected chi connectivity index (χ2v) is 6.03. The van der Waals surface area contributed by atoms with E-state index in [9.17, 15) is 4.79 Å². The van der Waals surface area contributed by atoms with Crippen molar-refractivity contribution in [2.75, 3.05) is 13.6 Å². The van der Waals surface area contributed by atoms with Gasteiger partial charge in [-0.1, -0.05) is 36.4 Å². The summed E-state index contributed by atoms with van der Waals surface area (Å²) in [5, 5.41) is 6.02. The Labute approximate surface area is 156 Å². The molecule has 2 aromatic carbocycles. The Balaban J connectivity index is 0.00000312. The molecule has 0 aliphatic carbocycles. The zero-order valence-corrected chi connectivity index (χ0v) is 15.9. The van der Waals surface area contributed by atoms with Gasteiger partial charge >= 0.3 is 0 Å². The van der Waals surface area contributed by atoms with Crippen molar-refractivity contribution in [3.63, 3.8) is 0 Å². The van der Waals surface area contributed by atoms with Crippen molar-refractivity contribution in [3.8, 4) is 5.75 Å². The zero-order valence-electron chi connectivity index (χ0n) is 15.0. The van der Waals surface area contributed by atoms with Gasteiger partial charge in [-0.05, 0) is 49.7 Å². The van der Waals surface area contributed by atoms with Crippen LogP contribution in [0.5, 0.6) is 5.75 Å². The SMILES string of the molecule is CNC(C)CNC(=O)Cc1cccc(OCc2ccccc2C)c1.Cl. The van der Waals surface area contributed by atoms with Crippen LogP contribution in [0.4, 0.5) is 0 Å². The number of ether oxygens (including phenoxy) is 1. The monoisotopic (exact) mass is 362 g/mol. The van der Waals surface area contributed by atoms with E-state index in [1.807, 2.05) is 50.4 Å². The molecule has 1 unspecified atom stereocenters. The van der Waals surface area contributed by atoms with Gasteiger partial charge in [0.1, 0.15) is 12.4 Å². The predicted molar refractivity (Wildman–Crippen MR) is 104 cm³/mol. The lowest BCUT2D eigenvalue weighted by atomic mass is 10.1. The van der Waals surface area contributed by atoms with Crippen LogP contribution in [-0.2, 0) is 17.8 Å². The van der Waals surface area contributed by atoms with Crippen molar-refractivity contribution in [2.45, 2.75) is 32.9 Å². The number of benzene rings is 2. The lowest BCUT2D eigenvalue weighted by molar-refractivity contribution is -0.120. The molecule has 0 saturated carbocycles. The number of rotatable bonds is 8. The van der Waals surface area contributed by atoms with Gasteiger partial charge in [0.25, 0.3) is 0 Å². The van der Waals surface area contributed by atoms with Crippen molar-refractivity contribution in [1.82, 2.24) is 10.6 Å². The van der Waals surface area contributed by atoms with E-state index in [-0.39, 0.29) is 24.4 Å². The smallest absolute Gasteiger partial charge is 0.224 e. The van der Waals surface area contributed by atoms with Gasteiger partial charge < -0.3 is 15.4 Å². The maximum absolute atomic E-state index is 12.0. The normalized spacial score (nSPS) is 11.3. The largest absolute Gasteiger partial charge is 0.489 e. The van der Waals surface area contributed by atoms with Gasteiger partial charge in [-0.25, -0.2) is 0 Å². The van der Waals surface area contributed by atoms with Crippen LogP contribution in [0.3, 0.4) is 0 Å². The molecule has 2 N–H and O–H groups in total. The number of amides is 1. The number of hydrogen-bond donors (Lipinski definition) is 2.